The fourth-order valence-electron chi connectivity index (χ4n) is 2.50. The quantitative estimate of drug-likeness (QED) is 0.893. The minimum absolute atomic E-state index is 0.441. The molecule has 104 valence electrons. The molecule has 0 radical (unpaired) electrons. The highest BCUT2D eigenvalue weighted by Gasteiger charge is 2.13. The van der Waals surface area contributed by atoms with E-state index in [0.29, 0.717) is 12.0 Å². The zero-order valence-corrected chi connectivity index (χ0v) is 12.5. The van der Waals surface area contributed by atoms with Gasteiger partial charge in [0, 0.05) is 12.5 Å². The van der Waals surface area contributed by atoms with Crippen molar-refractivity contribution in [3.05, 3.63) is 29.6 Å². The summed E-state index contributed by atoms with van der Waals surface area (Å²) in [5.74, 6) is 1.75. The molecule has 2 N–H and O–H groups in total. The first-order valence-electron chi connectivity index (χ1n) is 7.20. The molecule has 3 nitrogen and oxygen atoms in total. The van der Waals surface area contributed by atoms with E-state index in [1.165, 1.54) is 16.9 Å². The molecule has 0 spiro atoms. The largest absolute Gasteiger partial charge is 0.330 e. The Morgan fingerprint density at radius 3 is 2.63 bits per heavy atom. The molecule has 1 atom stereocenters. The lowest BCUT2D eigenvalue weighted by atomic mass is 10.1. The number of aromatic nitrogens is 2. The number of fused-ring (bicyclic) bond motifs is 1. The monoisotopic (exact) mass is 259 g/mol. The van der Waals surface area contributed by atoms with Gasteiger partial charge in [-0.3, -0.25) is 0 Å². The Hall–Kier alpha value is -1.35. The Morgan fingerprint density at radius 2 is 2.00 bits per heavy atom. The van der Waals surface area contributed by atoms with E-state index in [9.17, 15) is 0 Å². The Kier molecular flexibility index (Phi) is 4.25. The molecule has 2 aromatic rings. The predicted molar refractivity (Wildman–Crippen MR) is 81.4 cm³/mol. The van der Waals surface area contributed by atoms with E-state index in [-0.39, 0.29) is 0 Å². The smallest absolute Gasteiger partial charge is 0.110 e. The van der Waals surface area contributed by atoms with Crippen LogP contribution in [-0.2, 0) is 6.42 Å². The first-order valence-corrected chi connectivity index (χ1v) is 7.20. The topological polar surface area (TPSA) is 43.8 Å². The molecule has 1 unspecified atom stereocenters. The van der Waals surface area contributed by atoms with Crippen LogP contribution in [0.4, 0.5) is 0 Å². The van der Waals surface area contributed by atoms with E-state index in [1.807, 2.05) is 0 Å². The van der Waals surface area contributed by atoms with E-state index in [2.05, 4.69) is 50.5 Å². The van der Waals surface area contributed by atoms with Gasteiger partial charge in [0.05, 0.1) is 11.0 Å². The van der Waals surface area contributed by atoms with Crippen LogP contribution in [0.15, 0.2) is 18.2 Å². The normalized spacial score (nSPS) is 13.4. The van der Waals surface area contributed by atoms with Crippen molar-refractivity contribution in [1.82, 2.24) is 9.55 Å². The van der Waals surface area contributed by atoms with Crippen LogP contribution in [0.2, 0.25) is 0 Å². The molecule has 0 saturated carbocycles. The van der Waals surface area contributed by atoms with Crippen molar-refractivity contribution < 1.29 is 0 Å². The highest BCUT2D eigenvalue weighted by atomic mass is 15.1. The molecule has 0 amide bonds. The summed E-state index contributed by atoms with van der Waals surface area (Å²) in [5.41, 5.74) is 9.33. The summed E-state index contributed by atoms with van der Waals surface area (Å²) in [7, 11) is 0. The first-order chi connectivity index (χ1) is 9.02. The van der Waals surface area contributed by atoms with Crippen LogP contribution in [-0.4, -0.2) is 16.1 Å². The van der Waals surface area contributed by atoms with Gasteiger partial charge in [-0.05, 0) is 57.4 Å². The summed E-state index contributed by atoms with van der Waals surface area (Å²) in [5, 5.41) is 0. The molecule has 0 aliphatic carbocycles. The van der Waals surface area contributed by atoms with Crippen molar-refractivity contribution in [2.75, 3.05) is 6.54 Å². The average Bonchev–Trinajstić information content (AvgIpc) is 2.73. The van der Waals surface area contributed by atoms with Crippen LogP contribution >= 0.6 is 0 Å². The van der Waals surface area contributed by atoms with Crippen molar-refractivity contribution in [3.8, 4) is 0 Å². The van der Waals surface area contributed by atoms with Crippen LogP contribution in [0.5, 0.6) is 0 Å². The summed E-state index contributed by atoms with van der Waals surface area (Å²) in [6.07, 6.45) is 2.11. The molecular weight excluding hydrogens is 234 g/mol. The van der Waals surface area contributed by atoms with Gasteiger partial charge in [-0.1, -0.05) is 13.0 Å². The van der Waals surface area contributed by atoms with Crippen molar-refractivity contribution in [2.24, 2.45) is 11.7 Å². The molecule has 1 heterocycles. The van der Waals surface area contributed by atoms with Gasteiger partial charge in [0.2, 0.25) is 0 Å². The summed E-state index contributed by atoms with van der Waals surface area (Å²) in [6, 6.07) is 6.96. The van der Waals surface area contributed by atoms with Gasteiger partial charge in [0.1, 0.15) is 5.82 Å². The highest BCUT2D eigenvalue weighted by molar-refractivity contribution is 5.77. The summed E-state index contributed by atoms with van der Waals surface area (Å²) in [4.78, 5) is 4.82. The van der Waals surface area contributed by atoms with E-state index in [1.54, 1.807) is 0 Å². The number of aryl methyl sites for hydroxylation is 2. The second-order valence-electron chi connectivity index (χ2n) is 5.86. The van der Waals surface area contributed by atoms with Gasteiger partial charge in [-0.2, -0.15) is 0 Å². The molecule has 2 rings (SSSR count). The van der Waals surface area contributed by atoms with Crippen LogP contribution in [0.3, 0.4) is 0 Å². The summed E-state index contributed by atoms with van der Waals surface area (Å²) in [6.45, 7) is 9.51. The Morgan fingerprint density at radius 1 is 1.26 bits per heavy atom. The zero-order chi connectivity index (χ0) is 14.0. The van der Waals surface area contributed by atoms with Crippen LogP contribution in [0.1, 0.15) is 44.6 Å². The predicted octanol–water partition coefficient (Wildman–Crippen LogP) is 3.45. The Balaban J connectivity index is 2.38. The molecular formula is C16H25N3. The average molecular weight is 259 g/mol. The molecule has 3 heteroatoms. The van der Waals surface area contributed by atoms with Crippen molar-refractivity contribution in [2.45, 2.75) is 46.6 Å². The van der Waals surface area contributed by atoms with Gasteiger partial charge in [-0.15, -0.1) is 0 Å². The highest BCUT2D eigenvalue weighted by Crippen LogP contribution is 2.23. The zero-order valence-electron chi connectivity index (χ0n) is 12.5. The summed E-state index contributed by atoms with van der Waals surface area (Å²) < 4.78 is 2.36. The number of hydrogen-bond donors (Lipinski definition) is 1. The third kappa shape index (κ3) is 2.98. The molecule has 1 aromatic carbocycles. The molecule has 19 heavy (non-hydrogen) atoms. The van der Waals surface area contributed by atoms with E-state index >= 15 is 0 Å². The number of nitrogens with two attached hydrogens (primary N) is 1. The number of rotatable bonds is 5. The van der Waals surface area contributed by atoms with Gasteiger partial charge < -0.3 is 10.3 Å². The standard InChI is InChI=1S/C16H25N3/c1-11(2)19-15-7-5-12(3)9-14(15)18-16(19)8-6-13(4)10-17/h5,7,9,11,13H,6,8,10,17H2,1-4H3. The molecule has 1 aromatic heterocycles. The maximum absolute atomic E-state index is 5.70. The van der Waals surface area contributed by atoms with Crippen LogP contribution < -0.4 is 5.73 Å². The number of nitrogens with zero attached hydrogens (tertiary/aromatic N) is 2. The molecule has 0 aliphatic heterocycles. The summed E-state index contributed by atoms with van der Waals surface area (Å²) >= 11 is 0. The van der Waals surface area contributed by atoms with Crippen molar-refractivity contribution >= 4 is 11.0 Å². The third-order valence-corrected chi connectivity index (χ3v) is 3.70. The lowest BCUT2D eigenvalue weighted by Gasteiger charge is -2.14. The van der Waals surface area contributed by atoms with Gasteiger partial charge >= 0.3 is 0 Å². The van der Waals surface area contributed by atoms with Gasteiger partial charge in [-0.25, -0.2) is 4.98 Å². The number of benzene rings is 1. The van der Waals surface area contributed by atoms with Gasteiger partial charge in [0.15, 0.2) is 0 Å². The van der Waals surface area contributed by atoms with Crippen LogP contribution in [0.25, 0.3) is 11.0 Å². The second kappa shape index (κ2) is 5.74. The lowest BCUT2D eigenvalue weighted by molar-refractivity contribution is 0.510. The maximum atomic E-state index is 5.70. The van der Waals surface area contributed by atoms with Crippen LogP contribution in [0, 0.1) is 12.8 Å². The van der Waals surface area contributed by atoms with E-state index in [4.69, 9.17) is 10.7 Å². The SMILES string of the molecule is Cc1ccc2c(c1)nc(CCC(C)CN)n2C(C)C. The molecule has 0 saturated heterocycles. The molecule has 0 bridgehead atoms. The first kappa shape index (κ1) is 14.1. The lowest BCUT2D eigenvalue weighted by Crippen LogP contribution is -2.13. The van der Waals surface area contributed by atoms with E-state index in [0.717, 1.165) is 24.9 Å². The fourth-order valence-corrected chi connectivity index (χ4v) is 2.50. The number of hydrogen-bond acceptors (Lipinski definition) is 2. The Labute approximate surface area is 115 Å². The molecule has 0 aliphatic rings. The van der Waals surface area contributed by atoms with Crippen molar-refractivity contribution in [3.63, 3.8) is 0 Å². The minimum Gasteiger partial charge on any atom is -0.330 e. The molecule has 0 fully saturated rings. The Bertz CT molecular complexity index is 554. The second-order valence-corrected chi connectivity index (χ2v) is 5.86. The van der Waals surface area contributed by atoms with Gasteiger partial charge in [0.25, 0.3) is 0 Å². The van der Waals surface area contributed by atoms with E-state index < -0.39 is 0 Å². The third-order valence-electron chi connectivity index (χ3n) is 3.70. The number of imidazole rings is 1. The fraction of sp³-hybridized carbons (Fsp3) is 0.562. The minimum atomic E-state index is 0.441. The van der Waals surface area contributed by atoms with Crippen molar-refractivity contribution in [1.29, 1.82) is 0 Å². The maximum Gasteiger partial charge on any atom is 0.110 e.